The third-order valence-corrected chi connectivity index (χ3v) is 6.85. The van der Waals surface area contributed by atoms with Crippen molar-refractivity contribution in [2.45, 2.75) is 82.6 Å². The molecule has 1 aliphatic heterocycles. The summed E-state index contributed by atoms with van der Waals surface area (Å²) in [6, 6.07) is 0. The highest BCUT2D eigenvalue weighted by atomic mass is 19.4. The van der Waals surface area contributed by atoms with E-state index in [0.717, 1.165) is 62.7 Å². The van der Waals surface area contributed by atoms with E-state index in [9.17, 15) is 18.3 Å². The quantitative estimate of drug-likeness (QED) is 0.668. The third-order valence-electron chi connectivity index (χ3n) is 6.85. The zero-order valence-electron chi connectivity index (χ0n) is 19.3. The van der Waals surface area contributed by atoms with E-state index < -0.39 is 18.5 Å². The van der Waals surface area contributed by atoms with Gasteiger partial charge in [-0.25, -0.2) is 15.0 Å². The van der Waals surface area contributed by atoms with Crippen LogP contribution in [-0.4, -0.2) is 63.5 Å². The van der Waals surface area contributed by atoms with Crippen molar-refractivity contribution in [2.75, 3.05) is 20.1 Å². The van der Waals surface area contributed by atoms with E-state index in [1.807, 2.05) is 6.20 Å². The van der Waals surface area contributed by atoms with Gasteiger partial charge in [0.15, 0.2) is 0 Å². The molecule has 1 aliphatic carbocycles. The molecule has 1 N–H and O–H groups in total. The van der Waals surface area contributed by atoms with E-state index >= 15 is 0 Å². The summed E-state index contributed by atoms with van der Waals surface area (Å²) in [7, 11) is 2.09. The normalized spacial score (nSPS) is 24.2. The van der Waals surface area contributed by atoms with Gasteiger partial charge >= 0.3 is 6.18 Å². The predicted molar refractivity (Wildman–Crippen MR) is 119 cm³/mol. The second-order valence-corrected chi connectivity index (χ2v) is 9.82. The summed E-state index contributed by atoms with van der Waals surface area (Å²) in [5.41, 5.74) is 1.69. The number of halogens is 3. The molecule has 0 bridgehead atoms. The van der Waals surface area contributed by atoms with Crippen molar-refractivity contribution >= 4 is 10.9 Å². The Morgan fingerprint density at radius 3 is 2.45 bits per heavy atom. The molecule has 1 atom stereocenters. The maximum Gasteiger partial charge on any atom is 0.389 e. The summed E-state index contributed by atoms with van der Waals surface area (Å²) in [5, 5.41) is 10.6. The summed E-state index contributed by atoms with van der Waals surface area (Å²) in [5.74, 6) is 0.505. The highest BCUT2D eigenvalue weighted by molar-refractivity contribution is 5.85. The molecule has 1 saturated heterocycles. The summed E-state index contributed by atoms with van der Waals surface area (Å²) in [4.78, 5) is 16.0. The van der Waals surface area contributed by atoms with Gasteiger partial charge < -0.3 is 14.7 Å². The summed E-state index contributed by atoms with van der Waals surface area (Å²) < 4.78 is 44.7. The van der Waals surface area contributed by atoms with Gasteiger partial charge in [-0.2, -0.15) is 13.2 Å². The first-order valence-electron chi connectivity index (χ1n) is 11.9. The molecule has 0 spiro atoms. The largest absolute Gasteiger partial charge is 0.474 e. The van der Waals surface area contributed by atoms with Crippen LogP contribution >= 0.6 is 0 Å². The van der Waals surface area contributed by atoms with Gasteiger partial charge in [0.05, 0.1) is 17.0 Å². The van der Waals surface area contributed by atoms with Crippen molar-refractivity contribution in [1.29, 1.82) is 0 Å². The Balaban J connectivity index is 1.63. The molecule has 0 radical (unpaired) electrons. The van der Waals surface area contributed by atoms with Crippen molar-refractivity contribution in [3.63, 3.8) is 0 Å². The number of aromatic nitrogens is 3. The Bertz CT molecular complexity index is 939. The van der Waals surface area contributed by atoms with Gasteiger partial charge in [-0.05, 0) is 57.4 Å². The fourth-order valence-corrected chi connectivity index (χ4v) is 4.97. The van der Waals surface area contributed by atoms with E-state index in [2.05, 4.69) is 21.9 Å². The molecular weight excluding hydrogens is 433 g/mol. The smallest absolute Gasteiger partial charge is 0.389 e. The fraction of sp³-hybridized carbons (Fsp3) is 0.708. The highest BCUT2D eigenvalue weighted by Crippen LogP contribution is 2.38. The summed E-state index contributed by atoms with van der Waals surface area (Å²) in [6.07, 6.45) is 3.29. The number of alkyl halides is 3. The van der Waals surface area contributed by atoms with Crippen molar-refractivity contribution in [3.8, 4) is 5.88 Å². The minimum atomic E-state index is -4.21. The average Bonchev–Trinajstić information content (AvgIpc) is 2.75. The molecule has 33 heavy (non-hydrogen) atoms. The van der Waals surface area contributed by atoms with E-state index in [4.69, 9.17) is 9.72 Å². The second kappa shape index (κ2) is 10.1. The van der Waals surface area contributed by atoms with Crippen molar-refractivity contribution in [2.24, 2.45) is 5.92 Å². The topological polar surface area (TPSA) is 71.4 Å². The Hall–Kier alpha value is -2.00. The number of rotatable bonds is 6. The first-order chi connectivity index (χ1) is 15.7. The molecule has 2 fully saturated rings. The molecule has 3 heterocycles. The number of nitrogens with zero attached hydrogens (tertiary/aromatic N) is 4. The molecule has 1 saturated carbocycles. The van der Waals surface area contributed by atoms with Gasteiger partial charge in [0.2, 0.25) is 5.88 Å². The van der Waals surface area contributed by atoms with E-state index in [1.54, 1.807) is 13.1 Å². The lowest BCUT2D eigenvalue weighted by atomic mass is 9.82. The zero-order valence-corrected chi connectivity index (χ0v) is 19.3. The van der Waals surface area contributed by atoms with E-state index in [1.165, 1.54) is 0 Å². The van der Waals surface area contributed by atoms with Crippen LogP contribution in [0.4, 0.5) is 13.2 Å². The molecule has 0 unspecified atom stereocenters. The number of fused-ring (bicyclic) bond motifs is 1. The molecule has 9 heteroatoms. The van der Waals surface area contributed by atoms with Crippen LogP contribution in [0.2, 0.25) is 0 Å². The molecule has 2 aromatic heterocycles. The van der Waals surface area contributed by atoms with Crippen LogP contribution in [0.5, 0.6) is 5.88 Å². The van der Waals surface area contributed by atoms with E-state index in [-0.39, 0.29) is 24.5 Å². The minimum absolute atomic E-state index is 0.0686. The molecule has 0 amide bonds. The summed E-state index contributed by atoms with van der Waals surface area (Å²) >= 11 is 0. The first-order valence-corrected chi connectivity index (χ1v) is 11.9. The molecular formula is C24H33F3N4O2. The summed E-state index contributed by atoms with van der Waals surface area (Å²) in [6.45, 7) is 3.50. The number of pyridine rings is 1. The number of hydrogen-bond acceptors (Lipinski definition) is 6. The standard InChI is InChI=1S/C24H33F3N4O2/c1-15(12-24(25,26)27)11-21-28-14-20-22(30-21)19(16-3-5-17(32)6-4-16)13-29-23(20)33-18-7-9-31(2)10-8-18/h13-18,32H,3-12H2,1-2H3/t15-,16?,17?/m1/s1. The van der Waals surface area contributed by atoms with E-state index in [0.29, 0.717) is 17.1 Å². The van der Waals surface area contributed by atoms with Crippen LogP contribution in [0, 0.1) is 5.92 Å². The highest BCUT2D eigenvalue weighted by Gasteiger charge is 2.31. The Morgan fingerprint density at radius 1 is 1.09 bits per heavy atom. The SMILES string of the molecule is C[C@H](Cc1ncc2c(OC3CCN(C)CC3)ncc(C3CCC(O)CC3)c2n1)CC(F)(F)F. The Morgan fingerprint density at radius 2 is 1.79 bits per heavy atom. The van der Waals surface area contributed by atoms with Crippen LogP contribution in [0.3, 0.4) is 0 Å². The average molecular weight is 467 g/mol. The Labute approximate surface area is 192 Å². The number of aliphatic hydroxyl groups excluding tert-OH is 1. The number of aliphatic hydroxyl groups is 1. The van der Waals surface area contributed by atoms with Gasteiger partial charge in [0, 0.05) is 43.9 Å². The molecule has 2 aromatic rings. The number of likely N-dealkylation sites (tertiary alicyclic amines) is 1. The molecule has 182 valence electrons. The van der Waals surface area contributed by atoms with Gasteiger partial charge in [0.25, 0.3) is 0 Å². The predicted octanol–water partition coefficient (Wildman–Crippen LogP) is 4.65. The van der Waals surface area contributed by atoms with Gasteiger partial charge in [-0.3, -0.25) is 0 Å². The van der Waals surface area contributed by atoms with Crippen LogP contribution in [0.1, 0.15) is 69.2 Å². The van der Waals surface area contributed by atoms with Gasteiger partial charge in [0.1, 0.15) is 11.9 Å². The van der Waals surface area contributed by atoms with Crippen LogP contribution in [0.15, 0.2) is 12.4 Å². The fourth-order valence-electron chi connectivity index (χ4n) is 4.97. The molecule has 6 nitrogen and oxygen atoms in total. The van der Waals surface area contributed by atoms with Crippen molar-refractivity contribution in [3.05, 3.63) is 23.8 Å². The van der Waals surface area contributed by atoms with Crippen molar-refractivity contribution in [1.82, 2.24) is 19.9 Å². The number of hydrogen-bond donors (Lipinski definition) is 1. The number of ether oxygens (including phenoxy) is 1. The second-order valence-electron chi connectivity index (χ2n) is 9.82. The van der Waals surface area contributed by atoms with Crippen LogP contribution < -0.4 is 4.74 Å². The van der Waals surface area contributed by atoms with Gasteiger partial charge in [-0.1, -0.05) is 6.92 Å². The van der Waals surface area contributed by atoms with Crippen LogP contribution in [0.25, 0.3) is 10.9 Å². The zero-order chi connectivity index (χ0) is 23.6. The lowest BCUT2D eigenvalue weighted by Gasteiger charge is -2.30. The third kappa shape index (κ3) is 6.32. The van der Waals surface area contributed by atoms with Crippen molar-refractivity contribution < 1.29 is 23.0 Å². The maximum atomic E-state index is 12.8. The first kappa shape index (κ1) is 24.1. The number of piperidine rings is 1. The van der Waals surface area contributed by atoms with Gasteiger partial charge in [-0.15, -0.1) is 0 Å². The van der Waals surface area contributed by atoms with Crippen LogP contribution in [-0.2, 0) is 6.42 Å². The Kier molecular flexibility index (Phi) is 7.38. The molecule has 4 rings (SSSR count). The lowest BCUT2D eigenvalue weighted by Crippen LogP contribution is -2.35. The maximum absolute atomic E-state index is 12.8. The molecule has 0 aromatic carbocycles. The lowest BCUT2D eigenvalue weighted by molar-refractivity contribution is -0.143. The monoisotopic (exact) mass is 466 g/mol. The minimum Gasteiger partial charge on any atom is -0.474 e. The molecule has 2 aliphatic rings.